The SMILES string of the molecule is Cn1ncc2c1CCCC2NCc1nccs1. The van der Waals surface area contributed by atoms with E-state index in [0.29, 0.717) is 6.04 Å². The molecule has 2 aromatic rings. The van der Waals surface area contributed by atoms with Gasteiger partial charge in [0.2, 0.25) is 0 Å². The Hall–Kier alpha value is -1.20. The van der Waals surface area contributed by atoms with Crippen LogP contribution in [-0.2, 0) is 20.0 Å². The molecule has 0 bridgehead atoms. The lowest BCUT2D eigenvalue weighted by Gasteiger charge is -2.23. The van der Waals surface area contributed by atoms with Crippen LogP contribution in [0.4, 0.5) is 0 Å². The maximum Gasteiger partial charge on any atom is 0.106 e. The van der Waals surface area contributed by atoms with Crippen LogP contribution in [0.25, 0.3) is 0 Å². The summed E-state index contributed by atoms with van der Waals surface area (Å²) in [6.07, 6.45) is 7.46. The summed E-state index contributed by atoms with van der Waals surface area (Å²) < 4.78 is 2.01. The van der Waals surface area contributed by atoms with E-state index in [9.17, 15) is 0 Å². The van der Waals surface area contributed by atoms with Crippen LogP contribution in [0.3, 0.4) is 0 Å². The molecule has 1 aliphatic carbocycles. The summed E-state index contributed by atoms with van der Waals surface area (Å²) in [6, 6.07) is 0.441. The molecule has 1 N–H and O–H groups in total. The maximum atomic E-state index is 4.36. The van der Waals surface area contributed by atoms with Gasteiger partial charge in [-0.3, -0.25) is 4.68 Å². The van der Waals surface area contributed by atoms with Crippen LogP contribution in [-0.4, -0.2) is 14.8 Å². The fourth-order valence-corrected chi connectivity index (χ4v) is 3.04. The van der Waals surface area contributed by atoms with Crippen molar-refractivity contribution in [3.8, 4) is 0 Å². The highest BCUT2D eigenvalue weighted by Crippen LogP contribution is 2.29. The second-order valence-corrected chi connectivity index (χ2v) is 5.40. The molecule has 0 saturated heterocycles. The molecule has 90 valence electrons. The molecule has 17 heavy (non-hydrogen) atoms. The van der Waals surface area contributed by atoms with Crippen molar-refractivity contribution in [1.82, 2.24) is 20.1 Å². The topological polar surface area (TPSA) is 42.7 Å². The molecule has 5 heteroatoms. The normalized spacial score (nSPS) is 19.2. The molecule has 2 aromatic heterocycles. The lowest BCUT2D eigenvalue weighted by atomic mass is 9.93. The molecule has 3 rings (SSSR count). The Morgan fingerprint density at radius 2 is 2.53 bits per heavy atom. The van der Waals surface area contributed by atoms with Crippen LogP contribution in [0, 0.1) is 0 Å². The van der Waals surface area contributed by atoms with Crippen molar-refractivity contribution in [3.05, 3.63) is 34.0 Å². The number of rotatable bonds is 3. The average Bonchev–Trinajstić information content (AvgIpc) is 2.97. The zero-order chi connectivity index (χ0) is 11.7. The quantitative estimate of drug-likeness (QED) is 0.904. The fraction of sp³-hybridized carbons (Fsp3) is 0.500. The van der Waals surface area contributed by atoms with E-state index in [4.69, 9.17) is 0 Å². The molecule has 0 amide bonds. The molecule has 0 aliphatic heterocycles. The Bertz CT molecular complexity index is 489. The average molecular weight is 248 g/mol. The Morgan fingerprint density at radius 3 is 3.35 bits per heavy atom. The molecule has 1 unspecified atom stereocenters. The minimum absolute atomic E-state index is 0.441. The second kappa shape index (κ2) is 4.58. The van der Waals surface area contributed by atoms with Crippen LogP contribution >= 0.6 is 11.3 Å². The highest BCUT2D eigenvalue weighted by Gasteiger charge is 2.22. The highest BCUT2D eigenvalue weighted by atomic mass is 32.1. The predicted molar refractivity (Wildman–Crippen MR) is 67.8 cm³/mol. The third kappa shape index (κ3) is 2.12. The van der Waals surface area contributed by atoms with Gasteiger partial charge >= 0.3 is 0 Å². The molecular formula is C12H16N4S. The summed E-state index contributed by atoms with van der Waals surface area (Å²) in [5.41, 5.74) is 2.75. The Labute approximate surface area is 105 Å². The third-order valence-corrected chi connectivity index (χ3v) is 4.14. The van der Waals surface area contributed by atoms with Gasteiger partial charge in [-0.05, 0) is 19.3 Å². The molecule has 0 aromatic carbocycles. The van der Waals surface area contributed by atoms with Crippen molar-refractivity contribution in [3.63, 3.8) is 0 Å². The first-order chi connectivity index (χ1) is 8.34. The van der Waals surface area contributed by atoms with Gasteiger partial charge in [0.15, 0.2) is 0 Å². The third-order valence-electron chi connectivity index (χ3n) is 3.36. The first kappa shape index (κ1) is 10.9. The van der Waals surface area contributed by atoms with Gasteiger partial charge < -0.3 is 5.32 Å². The lowest BCUT2D eigenvalue weighted by molar-refractivity contribution is 0.451. The lowest BCUT2D eigenvalue weighted by Crippen LogP contribution is -2.24. The van der Waals surface area contributed by atoms with Gasteiger partial charge in [0, 0.05) is 42.5 Å². The van der Waals surface area contributed by atoms with Gasteiger partial charge in [-0.2, -0.15) is 5.10 Å². The largest absolute Gasteiger partial charge is 0.303 e. The molecular weight excluding hydrogens is 232 g/mol. The molecule has 0 spiro atoms. The van der Waals surface area contributed by atoms with Gasteiger partial charge in [0.1, 0.15) is 5.01 Å². The minimum atomic E-state index is 0.441. The molecule has 4 nitrogen and oxygen atoms in total. The minimum Gasteiger partial charge on any atom is -0.303 e. The van der Waals surface area contributed by atoms with Crippen LogP contribution < -0.4 is 5.32 Å². The first-order valence-corrected chi connectivity index (χ1v) is 6.85. The number of aryl methyl sites for hydroxylation is 1. The van der Waals surface area contributed by atoms with E-state index in [1.807, 2.05) is 29.5 Å². The Morgan fingerprint density at radius 1 is 1.59 bits per heavy atom. The second-order valence-electron chi connectivity index (χ2n) is 4.42. The fourth-order valence-electron chi connectivity index (χ4n) is 2.47. The number of nitrogens with zero attached hydrogens (tertiary/aromatic N) is 3. The number of hydrogen-bond donors (Lipinski definition) is 1. The van der Waals surface area contributed by atoms with Crippen LogP contribution in [0.1, 0.15) is 35.1 Å². The number of hydrogen-bond acceptors (Lipinski definition) is 4. The summed E-state index contributed by atoms with van der Waals surface area (Å²) >= 11 is 1.70. The van der Waals surface area contributed by atoms with E-state index < -0.39 is 0 Å². The summed E-state index contributed by atoms with van der Waals surface area (Å²) in [5, 5.41) is 11.1. The zero-order valence-electron chi connectivity index (χ0n) is 9.89. The number of fused-ring (bicyclic) bond motifs is 1. The van der Waals surface area contributed by atoms with Crippen molar-refractivity contribution >= 4 is 11.3 Å². The van der Waals surface area contributed by atoms with E-state index in [1.54, 1.807) is 11.3 Å². The van der Waals surface area contributed by atoms with Gasteiger partial charge in [-0.15, -0.1) is 11.3 Å². The van der Waals surface area contributed by atoms with Crippen LogP contribution in [0.5, 0.6) is 0 Å². The standard InChI is InChI=1S/C12H16N4S/c1-16-11-4-2-3-10(9(11)7-15-16)14-8-12-13-5-6-17-12/h5-7,10,14H,2-4,8H2,1H3. The number of nitrogens with one attached hydrogen (secondary N) is 1. The van der Waals surface area contributed by atoms with Crippen LogP contribution in [0.15, 0.2) is 17.8 Å². The van der Waals surface area contributed by atoms with Crippen molar-refractivity contribution < 1.29 is 0 Å². The summed E-state index contributed by atoms with van der Waals surface area (Å²) in [4.78, 5) is 4.30. The summed E-state index contributed by atoms with van der Waals surface area (Å²) in [7, 11) is 2.03. The zero-order valence-corrected chi connectivity index (χ0v) is 10.7. The van der Waals surface area contributed by atoms with Crippen molar-refractivity contribution in [1.29, 1.82) is 0 Å². The molecule has 1 atom stereocenters. The molecule has 1 aliphatic rings. The van der Waals surface area contributed by atoms with Crippen molar-refractivity contribution in [2.24, 2.45) is 7.05 Å². The number of aromatic nitrogens is 3. The van der Waals surface area contributed by atoms with Gasteiger partial charge in [-0.1, -0.05) is 0 Å². The van der Waals surface area contributed by atoms with Gasteiger partial charge in [-0.25, -0.2) is 4.98 Å². The van der Waals surface area contributed by atoms with E-state index >= 15 is 0 Å². The van der Waals surface area contributed by atoms with E-state index in [2.05, 4.69) is 15.4 Å². The Balaban J connectivity index is 1.72. The van der Waals surface area contributed by atoms with Gasteiger partial charge in [0.25, 0.3) is 0 Å². The van der Waals surface area contributed by atoms with E-state index in [0.717, 1.165) is 18.0 Å². The molecule has 0 radical (unpaired) electrons. The van der Waals surface area contributed by atoms with E-state index in [1.165, 1.54) is 24.1 Å². The monoisotopic (exact) mass is 248 g/mol. The predicted octanol–water partition coefficient (Wildman–Crippen LogP) is 2.04. The smallest absolute Gasteiger partial charge is 0.106 e. The van der Waals surface area contributed by atoms with Crippen molar-refractivity contribution in [2.75, 3.05) is 0 Å². The molecule has 0 saturated carbocycles. The summed E-state index contributed by atoms with van der Waals surface area (Å²) in [5.74, 6) is 0. The maximum absolute atomic E-state index is 4.36. The highest BCUT2D eigenvalue weighted by molar-refractivity contribution is 7.09. The summed E-state index contributed by atoms with van der Waals surface area (Å²) in [6.45, 7) is 0.858. The van der Waals surface area contributed by atoms with E-state index in [-0.39, 0.29) is 0 Å². The van der Waals surface area contributed by atoms with Crippen molar-refractivity contribution in [2.45, 2.75) is 31.8 Å². The Kier molecular flexibility index (Phi) is 2.94. The van der Waals surface area contributed by atoms with Gasteiger partial charge in [0.05, 0.1) is 6.20 Å². The molecule has 0 fully saturated rings. The number of thiazole rings is 1. The van der Waals surface area contributed by atoms with Crippen LogP contribution in [0.2, 0.25) is 0 Å². The first-order valence-electron chi connectivity index (χ1n) is 5.97. The molecule has 2 heterocycles.